The zero-order chi connectivity index (χ0) is 7.52. The van der Waals surface area contributed by atoms with E-state index in [0.717, 1.165) is 5.82 Å². The van der Waals surface area contributed by atoms with Gasteiger partial charge in [-0.15, -0.1) is 0 Å². The van der Waals surface area contributed by atoms with Gasteiger partial charge in [0, 0.05) is 18.6 Å². The molecule has 0 unspecified atom stereocenters. The summed E-state index contributed by atoms with van der Waals surface area (Å²) in [5, 5.41) is 0. The van der Waals surface area contributed by atoms with Crippen LogP contribution < -0.4 is 0 Å². The quantitative estimate of drug-likeness (QED) is 0.599. The highest BCUT2D eigenvalue weighted by Crippen LogP contribution is 1.99. The molecule has 3 nitrogen and oxygen atoms in total. The maximum Gasteiger partial charge on any atom is 0.155 e. The van der Waals surface area contributed by atoms with Gasteiger partial charge in [-0.05, 0) is 12.1 Å². The maximum absolute atomic E-state index is 4.09. The van der Waals surface area contributed by atoms with Crippen molar-refractivity contribution in [1.29, 1.82) is 0 Å². The molecule has 1 radical (unpaired) electrons. The summed E-state index contributed by atoms with van der Waals surface area (Å²) in [5.41, 5.74) is 0. The normalized spacial score (nSPS) is 9.82. The van der Waals surface area contributed by atoms with Crippen LogP contribution in [-0.2, 0) is 0 Å². The lowest BCUT2D eigenvalue weighted by Gasteiger charge is -1.96. The van der Waals surface area contributed by atoms with Gasteiger partial charge in [-0.25, -0.2) is 4.98 Å². The number of aromatic nitrogens is 3. The fraction of sp³-hybridized carbons (Fsp3) is 0. The second-order valence-electron chi connectivity index (χ2n) is 2.07. The molecular weight excluding hydrogens is 138 g/mol. The predicted molar refractivity (Wildman–Crippen MR) is 40.2 cm³/mol. The third-order valence-electron chi connectivity index (χ3n) is 1.34. The van der Waals surface area contributed by atoms with Crippen molar-refractivity contribution in [3.05, 3.63) is 43.1 Å². The van der Waals surface area contributed by atoms with E-state index in [4.69, 9.17) is 0 Å². The molecular formula is C8H6N3. The van der Waals surface area contributed by atoms with Crippen LogP contribution >= 0.6 is 0 Å². The first-order valence-corrected chi connectivity index (χ1v) is 3.28. The molecule has 2 aromatic rings. The van der Waals surface area contributed by atoms with Gasteiger partial charge in [-0.2, -0.15) is 0 Å². The van der Waals surface area contributed by atoms with Crippen LogP contribution in [0.15, 0.2) is 36.9 Å². The highest BCUT2D eigenvalue weighted by atomic mass is 15.0. The maximum atomic E-state index is 4.09. The van der Waals surface area contributed by atoms with Crippen LogP contribution in [-0.4, -0.2) is 14.5 Å². The van der Waals surface area contributed by atoms with Gasteiger partial charge >= 0.3 is 0 Å². The molecule has 2 rings (SSSR count). The molecule has 3 heteroatoms. The SMILES string of the molecule is [c]1cccn1-c1cnccn1. The molecule has 0 fully saturated rings. The molecule has 53 valence electrons. The van der Waals surface area contributed by atoms with Gasteiger partial charge in [-0.3, -0.25) is 9.55 Å². The van der Waals surface area contributed by atoms with Crippen molar-refractivity contribution in [1.82, 2.24) is 14.5 Å². The summed E-state index contributed by atoms with van der Waals surface area (Å²) in [6.45, 7) is 0. The van der Waals surface area contributed by atoms with E-state index in [1.807, 2.05) is 18.3 Å². The van der Waals surface area contributed by atoms with E-state index in [2.05, 4.69) is 16.2 Å². The molecule has 2 aromatic heterocycles. The van der Waals surface area contributed by atoms with Gasteiger partial charge in [0.25, 0.3) is 0 Å². The van der Waals surface area contributed by atoms with Crippen molar-refractivity contribution < 1.29 is 0 Å². The van der Waals surface area contributed by atoms with Gasteiger partial charge in [-0.1, -0.05) is 0 Å². The summed E-state index contributed by atoms with van der Waals surface area (Å²) in [7, 11) is 0. The van der Waals surface area contributed by atoms with E-state index in [-0.39, 0.29) is 0 Å². The third kappa shape index (κ3) is 1.12. The number of rotatable bonds is 1. The fourth-order valence-corrected chi connectivity index (χ4v) is 0.854. The molecule has 0 amide bonds. The highest BCUT2D eigenvalue weighted by molar-refractivity contribution is 5.17. The number of nitrogens with zero attached hydrogens (tertiary/aromatic N) is 3. The lowest BCUT2D eigenvalue weighted by molar-refractivity contribution is 0.976. The third-order valence-corrected chi connectivity index (χ3v) is 1.34. The second-order valence-corrected chi connectivity index (χ2v) is 2.07. The first-order valence-electron chi connectivity index (χ1n) is 3.28. The van der Waals surface area contributed by atoms with E-state index >= 15 is 0 Å². The van der Waals surface area contributed by atoms with Crippen LogP contribution in [0.25, 0.3) is 5.82 Å². The Morgan fingerprint density at radius 1 is 1.36 bits per heavy atom. The van der Waals surface area contributed by atoms with Crippen molar-refractivity contribution in [3.63, 3.8) is 0 Å². The molecule has 0 spiro atoms. The van der Waals surface area contributed by atoms with E-state index < -0.39 is 0 Å². The largest absolute Gasteiger partial charge is 0.298 e. The Balaban J connectivity index is 2.46. The molecule has 0 aliphatic carbocycles. The van der Waals surface area contributed by atoms with Crippen LogP contribution in [0, 0.1) is 6.20 Å². The van der Waals surface area contributed by atoms with Crippen molar-refractivity contribution in [2.45, 2.75) is 0 Å². The molecule has 0 atom stereocenters. The number of hydrogen-bond donors (Lipinski definition) is 0. The Morgan fingerprint density at radius 3 is 3.00 bits per heavy atom. The van der Waals surface area contributed by atoms with Crippen molar-refractivity contribution in [3.8, 4) is 5.82 Å². The Morgan fingerprint density at radius 2 is 2.36 bits per heavy atom. The highest BCUT2D eigenvalue weighted by Gasteiger charge is 1.92. The van der Waals surface area contributed by atoms with Crippen LogP contribution in [0.1, 0.15) is 0 Å². The average Bonchev–Trinajstić information content (AvgIpc) is 2.58. The minimum Gasteiger partial charge on any atom is -0.298 e. The predicted octanol–water partition coefficient (Wildman–Crippen LogP) is 1.07. The van der Waals surface area contributed by atoms with Crippen LogP contribution in [0.2, 0.25) is 0 Å². The second kappa shape index (κ2) is 2.54. The Kier molecular flexibility index (Phi) is 1.41. The minimum absolute atomic E-state index is 0.789. The molecule has 0 saturated carbocycles. The van der Waals surface area contributed by atoms with E-state index in [1.165, 1.54) is 0 Å². The van der Waals surface area contributed by atoms with Crippen molar-refractivity contribution >= 4 is 0 Å². The number of hydrogen-bond acceptors (Lipinski definition) is 2. The smallest absolute Gasteiger partial charge is 0.155 e. The molecule has 2 heterocycles. The monoisotopic (exact) mass is 144 g/mol. The lowest BCUT2D eigenvalue weighted by Crippen LogP contribution is -1.93. The van der Waals surface area contributed by atoms with Crippen LogP contribution in [0.3, 0.4) is 0 Å². The van der Waals surface area contributed by atoms with Crippen molar-refractivity contribution in [2.75, 3.05) is 0 Å². The standard InChI is InChI=1S/C8H6N3/c1-2-6-11(5-1)8-7-9-3-4-10-8/h1-5,7H. The first-order chi connectivity index (χ1) is 5.47. The van der Waals surface area contributed by atoms with Gasteiger partial charge in [0.05, 0.1) is 12.4 Å². The van der Waals surface area contributed by atoms with Gasteiger partial charge in [0.1, 0.15) is 0 Å². The Hall–Kier alpha value is -1.64. The average molecular weight is 144 g/mol. The summed E-state index contributed by atoms with van der Waals surface area (Å²) in [5.74, 6) is 0.789. The van der Waals surface area contributed by atoms with Crippen LogP contribution in [0.5, 0.6) is 0 Å². The van der Waals surface area contributed by atoms with Gasteiger partial charge < -0.3 is 0 Å². The molecule has 0 saturated heterocycles. The van der Waals surface area contributed by atoms with Crippen molar-refractivity contribution in [2.24, 2.45) is 0 Å². The molecule has 0 aliphatic rings. The summed E-state index contributed by atoms with van der Waals surface area (Å²) in [4.78, 5) is 8.03. The Bertz CT molecular complexity index is 312. The minimum atomic E-state index is 0.789. The van der Waals surface area contributed by atoms with E-state index in [1.54, 1.807) is 23.2 Å². The summed E-state index contributed by atoms with van der Waals surface area (Å²) < 4.78 is 1.78. The fourth-order valence-electron chi connectivity index (χ4n) is 0.854. The van der Waals surface area contributed by atoms with Crippen LogP contribution in [0.4, 0.5) is 0 Å². The molecule has 11 heavy (non-hydrogen) atoms. The zero-order valence-corrected chi connectivity index (χ0v) is 5.81. The summed E-state index contributed by atoms with van der Waals surface area (Å²) in [6.07, 6.45) is 9.84. The topological polar surface area (TPSA) is 30.7 Å². The lowest BCUT2D eigenvalue weighted by atomic mass is 10.6. The molecule has 0 aromatic carbocycles. The van der Waals surface area contributed by atoms with Gasteiger partial charge in [0.2, 0.25) is 0 Å². The summed E-state index contributed by atoms with van der Waals surface area (Å²) in [6, 6.07) is 3.73. The molecule has 0 N–H and O–H groups in total. The van der Waals surface area contributed by atoms with Gasteiger partial charge in [0.15, 0.2) is 5.82 Å². The first kappa shape index (κ1) is 6.09. The Labute approximate surface area is 64.3 Å². The van der Waals surface area contributed by atoms with E-state index in [9.17, 15) is 0 Å². The summed E-state index contributed by atoms with van der Waals surface area (Å²) >= 11 is 0. The molecule has 0 aliphatic heterocycles. The molecule has 0 bridgehead atoms. The van der Waals surface area contributed by atoms with E-state index in [0.29, 0.717) is 0 Å². The zero-order valence-electron chi connectivity index (χ0n) is 5.81.